The summed E-state index contributed by atoms with van der Waals surface area (Å²) in [4.78, 5) is 26.2. The predicted molar refractivity (Wildman–Crippen MR) is 93.8 cm³/mol. The molecular weight excluding hydrogens is 378 g/mol. The van der Waals surface area contributed by atoms with Crippen molar-refractivity contribution in [2.75, 3.05) is 0 Å². The number of phenols is 1. The molecule has 1 saturated heterocycles. The largest absolute Gasteiger partial charge is 0.508 e. The van der Waals surface area contributed by atoms with Crippen molar-refractivity contribution in [2.45, 2.75) is 6.54 Å². The van der Waals surface area contributed by atoms with Crippen LogP contribution in [-0.2, 0) is 11.3 Å². The van der Waals surface area contributed by atoms with Gasteiger partial charge in [-0.3, -0.25) is 14.5 Å². The van der Waals surface area contributed by atoms with E-state index >= 15 is 0 Å². The van der Waals surface area contributed by atoms with Gasteiger partial charge in [-0.25, -0.2) is 0 Å². The zero-order valence-electron chi connectivity index (χ0n) is 11.9. The number of nitrogens with zero attached hydrogens (tertiary/aromatic N) is 1. The lowest BCUT2D eigenvalue weighted by molar-refractivity contribution is -0.123. The van der Waals surface area contributed by atoms with E-state index in [1.807, 2.05) is 24.3 Å². The van der Waals surface area contributed by atoms with Crippen molar-refractivity contribution in [3.8, 4) is 5.75 Å². The van der Waals surface area contributed by atoms with Gasteiger partial charge >= 0.3 is 0 Å². The molecule has 0 unspecified atom stereocenters. The van der Waals surface area contributed by atoms with Crippen molar-refractivity contribution in [1.82, 2.24) is 4.90 Å². The van der Waals surface area contributed by atoms with Gasteiger partial charge in [0.2, 0.25) is 0 Å². The van der Waals surface area contributed by atoms with E-state index in [4.69, 9.17) is 0 Å². The first kappa shape index (κ1) is 15.8. The van der Waals surface area contributed by atoms with Crippen LogP contribution in [0.1, 0.15) is 11.1 Å². The molecule has 1 fully saturated rings. The number of hydrogen-bond acceptors (Lipinski definition) is 4. The molecule has 6 heteroatoms. The van der Waals surface area contributed by atoms with Gasteiger partial charge in [-0.15, -0.1) is 0 Å². The number of thioether (sulfide) groups is 1. The van der Waals surface area contributed by atoms with E-state index in [1.165, 1.54) is 17.0 Å². The molecule has 2 amide bonds. The zero-order chi connectivity index (χ0) is 16.4. The van der Waals surface area contributed by atoms with E-state index in [2.05, 4.69) is 15.9 Å². The number of halogens is 1. The summed E-state index contributed by atoms with van der Waals surface area (Å²) in [6.45, 7) is 0.247. The Morgan fingerprint density at radius 1 is 1.13 bits per heavy atom. The summed E-state index contributed by atoms with van der Waals surface area (Å²) in [6.07, 6.45) is 1.66. The molecule has 0 aromatic heterocycles. The molecule has 3 rings (SSSR count). The fourth-order valence-electron chi connectivity index (χ4n) is 2.18. The third-order valence-electron chi connectivity index (χ3n) is 3.29. The molecule has 116 valence electrons. The van der Waals surface area contributed by atoms with Crippen LogP contribution in [0, 0.1) is 0 Å². The molecular formula is C17H12BrNO3S. The summed E-state index contributed by atoms with van der Waals surface area (Å²) in [5.74, 6) is -0.141. The molecule has 0 aliphatic carbocycles. The van der Waals surface area contributed by atoms with Gasteiger partial charge in [0.25, 0.3) is 11.1 Å². The summed E-state index contributed by atoms with van der Waals surface area (Å²) in [6, 6.07) is 14.0. The first-order valence-electron chi connectivity index (χ1n) is 6.82. The normalized spacial score (nSPS) is 16.4. The highest BCUT2D eigenvalue weighted by atomic mass is 79.9. The minimum absolute atomic E-state index is 0.157. The van der Waals surface area contributed by atoms with Crippen molar-refractivity contribution in [3.63, 3.8) is 0 Å². The zero-order valence-corrected chi connectivity index (χ0v) is 14.3. The number of amides is 2. The Bertz CT molecular complexity index is 802. The monoisotopic (exact) mass is 389 g/mol. The topological polar surface area (TPSA) is 57.6 Å². The maximum Gasteiger partial charge on any atom is 0.293 e. The fraction of sp³-hybridized carbons (Fsp3) is 0.0588. The number of carbonyl (C=O) groups is 2. The quantitative estimate of drug-likeness (QED) is 0.790. The second-order valence-corrected chi connectivity index (χ2v) is 6.90. The van der Waals surface area contributed by atoms with Gasteiger partial charge in [-0.2, -0.15) is 0 Å². The van der Waals surface area contributed by atoms with Gasteiger partial charge in [0, 0.05) is 4.47 Å². The lowest BCUT2D eigenvalue weighted by atomic mass is 10.2. The molecule has 23 heavy (non-hydrogen) atoms. The van der Waals surface area contributed by atoms with Gasteiger partial charge in [0.1, 0.15) is 5.75 Å². The molecule has 0 bridgehead atoms. The van der Waals surface area contributed by atoms with Crippen LogP contribution in [0.5, 0.6) is 5.75 Å². The number of carbonyl (C=O) groups excluding carboxylic acids is 2. The van der Waals surface area contributed by atoms with E-state index in [-0.39, 0.29) is 23.4 Å². The maximum absolute atomic E-state index is 12.4. The maximum atomic E-state index is 12.4. The Kier molecular flexibility index (Phi) is 4.54. The second-order valence-electron chi connectivity index (χ2n) is 4.99. The average molecular weight is 390 g/mol. The molecule has 0 spiro atoms. The van der Waals surface area contributed by atoms with E-state index in [0.29, 0.717) is 4.91 Å². The van der Waals surface area contributed by atoms with Gasteiger partial charge in [0.15, 0.2) is 0 Å². The van der Waals surface area contributed by atoms with Crippen molar-refractivity contribution in [1.29, 1.82) is 0 Å². The number of rotatable bonds is 3. The van der Waals surface area contributed by atoms with E-state index in [1.54, 1.807) is 18.2 Å². The second kappa shape index (κ2) is 6.60. The molecule has 1 aliphatic rings. The fourth-order valence-corrected chi connectivity index (χ4v) is 3.46. The predicted octanol–water partition coefficient (Wildman–Crippen LogP) is 4.39. The van der Waals surface area contributed by atoms with Crippen LogP contribution in [0.3, 0.4) is 0 Å². The third kappa shape index (κ3) is 3.65. The van der Waals surface area contributed by atoms with Crippen molar-refractivity contribution in [2.24, 2.45) is 0 Å². The Balaban J connectivity index is 1.81. The minimum atomic E-state index is -0.298. The molecule has 4 nitrogen and oxygen atoms in total. The van der Waals surface area contributed by atoms with Crippen LogP contribution < -0.4 is 0 Å². The van der Waals surface area contributed by atoms with Gasteiger partial charge < -0.3 is 5.11 Å². The molecule has 1 N–H and O–H groups in total. The minimum Gasteiger partial charge on any atom is -0.508 e. The van der Waals surface area contributed by atoms with Gasteiger partial charge in [-0.1, -0.05) is 40.2 Å². The Morgan fingerprint density at radius 3 is 2.57 bits per heavy atom. The molecule has 2 aromatic carbocycles. The summed E-state index contributed by atoms with van der Waals surface area (Å²) in [7, 11) is 0. The molecule has 0 radical (unpaired) electrons. The summed E-state index contributed by atoms with van der Waals surface area (Å²) < 4.78 is 0.904. The van der Waals surface area contributed by atoms with E-state index < -0.39 is 0 Å². The molecule has 0 atom stereocenters. The van der Waals surface area contributed by atoms with Crippen LogP contribution in [0.2, 0.25) is 0 Å². The van der Waals surface area contributed by atoms with Crippen LogP contribution >= 0.6 is 27.7 Å². The molecule has 2 aromatic rings. The first-order chi connectivity index (χ1) is 11.0. The summed E-state index contributed by atoms with van der Waals surface area (Å²) in [5, 5.41) is 9.00. The van der Waals surface area contributed by atoms with Crippen LogP contribution in [-0.4, -0.2) is 21.2 Å². The number of aromatic hydroxyl groups is 1. The number of imide groups is 1. The lowest BCUT2D eigenvalue weighted by Gasteiger charge is -2.12. The van der Waals surface area contributed by atoms with Crippen LogP contribution in [0.4, 0.5) is 4.79 Å². The molecule has 0 saturated carbocycles. The highest BCUT2D eigenvalue weighted by Gasteiger charge is 2.34. The van der Waals surface area contributed by atoms with Crippen molar-refractivity contribution < 1.29 is 14.7 Å². The first-order valence-corrected chi connectivity index (χ1v) is 8.43. The highest BCUT2D eigenvalue weighted by molar-refractivity contribution is 9.10. The summed E-state index contributed by atoms with van der Waals surface area (Å²) >= 11 is 4.31. The Hall–Kier alpha value is -2.05. The van der Waals surface area contributed by atoms with Gasteiger partial charge in [0.05, 0.1) is 11.4 Å². The lowest BCUT2D eigenvalue weighted by Crippen LogP contribution is -2.27. The molecule has 1 aliphatic heterocycles. The van der Waals surface area contributed by atoms with Crippen LogP contribution in [0.25, 0.3) is 6.08 Å². The summed E-state index contributed by atoms with van der Waals surface area (Å²) in [5.41, 5.74) is 1.64. The average Bonchev–Trinajstić information content (AvgIpc) is 2.77. The SMILES string of the molecule is O=C1S/C(=C/c2ccc(O)cc2)C(=O)N1Cc1cccc(Br)c1. The molecule has 1 heterocycles. The van der Waals surface area contributed by atoms with E-state index in [9.17, 15) is 14.7 Å². The third-order valence-corrected chi connectivity index (χ3v) is 4.69. The number of benzene rings is 2. The van der Waals surface area contributed by atoms with Crippen molar-refractivity contribution in [3.05, 3.63) is 69.0 Å². The highest BCUT2D eigenvalue weighted by Crippen LogP contribution is 2.33. The Morgan fingerprint density at radius 2 is 1.87 bits per heavy atom. The smallest absolute Gasteiger partial charge is 0.293 e. The van der Waals surface area contributed by atoms with E-state index in [0.717, 1.165) is 27.4 Å². The van der Waals surface area contributed by atoms with Gasteiger partial charge in [-0.05, 0) is 53.2 Å². The standard InChI is InChI=1S/C17H12BrNO3S/c18-13-3-1-2-12(8-13)10-19-16(21)15(23-17(19)22)9-11-4-6-14(20)7-5-11/h1-9,20H,10H2/b15-9+. The number of phenolic OH excluding ortho intramolecular Hbond substituents is 1. The Labute approximate surface area is 145 Å². The van der Waals surface area contributed by atoms with Crippen LogP contribution in [0.15, 0.2) is 57.9 Å². The number of hydrogen-bond donors (Lipinski definition) is 1. The van der Waals surface area contributed by atoms with Crippen molar-refractivity contribution >= 4 is 44.9 Å².